The van der Waals surface area contributed by atoms with Crippen LogP contribution in [0.5, 0.6) is 0 Å². The zero-order valence-electron chi connectivity index (χ0n) is 8.67. The molecule has 13 heavy (non-hydrogen) atoms. The normalized spacial score (nSPS) is 10.1. The van der Waals surface area contributed by atoms with E-state index >= 15 is 0 Å². The lowest BCUT2D eigenvalue weighted by atomic mass is 10.1. The van der Waals surface area contributed by atoms with Crippen LogP contribution < -0.4 is 10.6 Å². The minimum Gasteiger partial charge on any atom is -0.398 e. The molecule has 72 valence electrons. The summed E-state index contributed by atoms with van der Waals surface area (Å²) in [6, 6.07) is 6.26. The molecule has 0 saturated heterocycles. The zero-order chi connectivity index (χ0) is 9.84. The standard InChI is InChI=1S/C11H18N2/c1-4-5-9-6-7-10(13(2)3)8-11(9)12/h6-8H,4-5,12H2,1-3H3. The lowest BCUT2D eigenvalue weighted by Crippen LogP contribution is -2.09. The highest BCUT2D eigenvalue weighted by molar-refractivity contribution is 5.59. The van der Waals surface area contributed by atoms with Gasteiger partial charge in [-0.1, -0.05) is 19.4 Å². The highest BCUT2D eigenvalue weighted by Gasteiger charge is 2.00. The summed E-state index contributed by atoms with van der Waals surface area (Å²) in [5.74, 6) is 0. The zero-order valence-corrected chi connectivity index (χ0v) is 8.67. The van der Waals surface area contributed by atoms with Crippen LogP contribution >= 0.6 is 0 Å². The predicted octanol–water partition coefficient (Wildman–Crippen LogP) is 2.29. The van der Waals surface area contributed by atoms with Gasteiger partial charge in [-0.25, -0.2) is 0 Å². The average molecular weight is 178 g/mol. The van der Waals surface area contributed by atoms with Crippen molar-refractivity contribution in [2.45, 2.75) is 19.8 Å². The van der Waals surface area contributed by atoms with Crippen molar-refractivity contribution < 1.29 is 0 Å². The summed E-state index contributed by atoms with van der Waals surface area (Å²) in [5, 5.41) is 0. The van der Waals surface area contributed by atoms with Crippen molar-refractivity contribution in [3.05, 3.63) is 23.8 Å². The maximum Gasteiger partial charge on any atom is 0.0381 e. The number of hydrogen-bond acceptors (Lipinski definition) is 2. The Morgan fingerprint density at radius 1 is 1.31 bits per heavy atom. The maximum absolute atomic E-state index is 5.92. The molecule has 0 unspecified atom stereocenters. The van der Waals surface area contributed by atoms with Gasteiger partial charge in [-0.15, -0.1) is 0 Å². The quantitative estimate of drug-likeness (QED) is 0.719. The summed E-state index contributed by atoms with van der Waals surface area (Å²) in [6.07, 6.45) is 2.21. The number of anilines is 2. The Labute approximate surface area is 80.4 Å². The monoisotopic (exact) mass is 178 g/mol. The molecular formula is C11H18N2. The Morgan fingerprint density at radius 2 is 2.00 bits per heavy atom. The molecule has 1 rings (SSSR count). The summed E-state index contributed by atoms with van der Waals surface area (Å²) in [5.41, 5.74) is 9.25. The van der Waals surface area contributed by atoms with E-state index in [0.717, 1.165) is 24.2 Å². The highest BCUT2D eigenvalue weighted by atomic mass is 15.1. The van der Waals surface area contributed by atoms with Crippen molar-refractivity contribution in [2.24, 2.45) is 0 Å². The Kier molecular flexibility index (Phi) is 3.18. The van der Waals surface area contributed by atoms with Gasteiger partial charge in [-0.3, -0.25) is 0 Å². The first-order valence-electron chi connectivity index (χ1n) is 4.71. The highest BCUT2D eigenvalue weighted by Crippen LogP contribution is 2.20. The van der Waals surface area contributed by atoms with Crippen molar-refractivity contribution in [2.75, 3.05) is 24.7 Å². The fourth-order valence-corrected chi connectivity index (χ4v) is 1.36. The fourth-order valence-electron chi connectivity index (χ4n) is 1.36. The Morgan fingerprint density at radius 3 is 2.46 bits per heavy atom. The van der Waals surface area contributed by atoms with Crippen LogP contribution in [0.1, 0.15) is 18.9 Å². The van der Waals surface area contributed by atoms with E-state index in [1.54, 1.807) is 0 Å². The molecule has 0 atom stereocenters. The molecule has 0 radical (unpaired) electrons. The van der Waals surface area contributed by atoms with E-state index in [1.807, 2.05) is 20.2 Å². The second-order valence-electron chi connectivity index (χ2n) is 3.53. The summed E-state index contributed by atoms with van der Waals surface area (Å²) in [7, 11) is 4.04. The Hall–Kier alpha value is -1.18. The van der Waals surface area contributed by atoms with Crippen molar-refractivity contribution in [1.29, 1.82) is 0 Å². The molecule has 0 amide bonds. The van der Waals surface area contributed by atoms with Crippen LogP contribution in [-0.2, 0) is 6.42 Å². The van der Waals surface area contributed by atoms with Gasteiger partial charge in [0.05, 0.1) is 0 Å². The van der Waals surface area contributed by atoms with Gasteiger partial charge in [0.25, 0.3) is 0 Å². The molecule has 1 aromatic carbocycles. The van der Waals surface area contributed by atoms with Gasteiger partial charge in [0.1, 0.15) is 0 Å². The summed E-state index contributed by atoms with van der Waals surface area (Å²) >= 11 is 0. The van der Waals surface area contributed by atoms with Gasteiger partial charge in [0, 0.05) is 25.5 Å². The molecule has 0 aliphatic rings. The van der Waals surface area contributed by atoms with Crippen molar-refractivity contribution in [1.82, 2.24) is 0 Å². The van der Waals surface area contributed by atoms with E-state index in [2.05, 4.69) is 24.0 Å². The van der Waals surface area contributed by atoms with Crippen LogP contribution in [0.4, 0.5) is 11.4 Å². The van der Waals surface area contributed by atoms with Gasteiger partial charge in [0.2, 0.25) is 0 Å². The number of benzene rings is 1. The summed E-state index contributed by atoms with van der Waals surface area (Å²) in [6.45, 7) is 2.17. The van der Waals surface area contributed by atoms with Crippen LogP contribution in [-0.4, -0.2) is 14.1 Å². The molecule has 0 saturated carbocycles. The predicted molar refractivity (Wildman–Crippen MR) is 59.2 cm³/mol. The van der Waals surface area contributed by atoms with E-state index in [0.29, 0.717) is 0 Å². The van der Waals surface area contributed by atoms with Gasteiger partial charge in [-0.05, 0) is 24.1 Å². The maximum atomic E-state index is 5.92. The van der Waals surface area contributed by atoms with Crippen LogP contribution in [0.25, 0.3) is 0 Å². The number of nitrogens with zero attached hydrogens (tertiary/aromatic N) is 1. The van der Waals surface area contributed by atoms with Gasteiger partial charge < -0.3 is 10.6 Å². The molecule has 0 heterocycles. The van der Waals surface area contributed by atoms with Crippen LogP contribution in [0.15, 0.2) is 18.2 Å². The minimum atomic E-state index is 0.910. The van der Waals surface area contributed by atoms with Gasteiger partial charge in [0.15, 0.2) is 0 Å². The van der Waals surface area contributed by atoms with E-state index in [-0.39, 0.29) is 0 Å². The van der Waals surface area contributed by atoms with Crippen LogP contribution in [0, 0.1) is 0 Å². The minimum absolute atomic E-state index is 0.910. The second-order valence-corrected chi connectivity index (χ2v) is 3.53. The van der Waals surface area contributed by atoms with Gasteiger partial charge in [-0.2, -0.15) is 0 Å². The topological polar surface area (TPSA) is 29.3 Å². The van der Waals surface area contributed by atoms with E-state index in [4.69, 9.17) is 5.73 Å². The Bertz CT molecular complexity index is 279. The van der Waals surface area contributed by atoms with Crippen molar-refractivity contribution >= 4 is 11.4 Å². The van der Waals surface area contributed by atoms with Crippen LogP contribution in [0.2, 0.25) is 0 Å². The number of nitrogens with two attached hydrogens (primary N) is 1. The molecule has 0 aliphatic carbocycles. The lowest BCUT2D eigenvalue weighted by Gasteiger charge is -2.14. The van der Waals surface area contributed by atoms with Crippen LogP contribution in [0.3, 0.4) is 0 Å². The van der Waals surface area contributed by atoms with Gasteiger partial charge >= 0.3 is 0 Å². The molecule has 0 aliphatic heterocycles. The molecule has 1 aromatic rings. The largest absolute Gasteiger partial charge is 0.398 e. The van der Waals surface area contributed by atoms with E-state index in [1.165, 1.54) is 5.56 Å². The number of nitrogen functional groups attached to an aromatic ring is 1. The molecule has 0 aromatic heterocycles. The molecule has 0 spiro atoms. The third-order valence-electron chi connectivity index (χ3n) is 2.17. The number of hydrogen-bond donors (Lipinski definition) is 1. The smallest absolute Gasteiger partial charge is 0.0381 e. The lowest BCUT2D eigenvalue weighted by molar-refractivity contribution is 0.923. The molecule has 2 nitrogen and oxygen atoms in total. The molecule has 0 fully saturated rings. The van der Waals surface area contributed by atoms with E-state index in [9.17, 15) is 0 Å². The SMILES string of the molecule is CCCc1ccc(N(C)C)cc1N. The van der Waals surface area contributed by atoms with E-state index < -0.39 is 0 Å². The third kappa shape index (κ3) is 2.38. The average Bonchev–Trinajstić information content (AvgIpc) is 2.08. The summed E-state index contributed by atoms with van der Waals surface area (Å²) in [4.78, 5) is 2.06. The first-order chi connectivity index (χ1) is 6.15. The summed E-state index contributed by atoms with van der Waals surface area (Å²) < 4.78 is 0. The molecule has 0 bridgehead atoms. The van der Waals surface area contributed by atoms with Crippen molar-refractivity contribution in [3.63, 3.8) is 0 Å². The fraction of sp³-hybridized carbons (Fsp3) is 0.455. The van der Waals surface area contributed by atoms with Crippen molar-refractivity contribution in [3.8, 4) is 0 Å². The third-order valence-corrected chi connectivity index (χ3v) is 2.17. The second kappa shape index (κ2) is 4.17. The first-order valence-corrected chi connectivity index (χ1v) is 4.71. The number of aryl methyl sites for hydroxylation is 1. The Balaban J connectivity index is 2.92. The molecule has 2 N–H and O–H groups in total. The first kappa shape index (κ1) is 9.90. The molecular weight excluding hydrogens is 160 g/mol. The molecule has 2 heteroatoms. The number of rotatable bonds is 3.